The number of carbonyl (C=O) groups excluding carboxylic acids is 2. The highest BCUT2D eigenvalue weighted by Gasteiger charge is 2.79. The lowest BCUT2D eigenvalue weighted by Gasteiger charge is -2.70. The lowest BCUT2D eigenvalue weighted by molar-refractivity contribution is -0.336. The van der Waals surface area contributed by atoms with Crippen LogP contribution in [-0.2, 0) is 4.74 Å². The third kappa shape index (κ3) is 3.88. The molecule has 3 saturated carbocycles. The van der Waals surface area contributed by atoms with Crippen LogP contribution in [0.2, 0.25) is 0 Å². The van der Waals surface area contributed by atoms with Crippen molar-refractivity contribution in [3.8, 4) is 11.8 Å². The van der Waals surface area contributed by atoms with Gasteiger partial charge in [-0.1, -0.05) is 11.3 Å². The van der Waals surface area contributed by atoms with E-state index in [1.165, 1.54) is 36.6 Å². The summed E-state index contributed by atoms with van der Waals surface area (Å²) in [7, 11) is 1.45. The van der Waals surface area contributed by atoms with Crippen molar-refractivity contribution in [3.63, 3.8) is 0 Å². The number of nitrogens with one attached hydrogen (secondary N) is 2. The summed E-state index contributed by atoms with van der Waals surface area (Å²) < 4.78 is 51.6. The summed E-state index contributed by atoms with van der Waals surface area (Å²) in [6.07, 6.45) is -3.75. The quantitative estimate of drug-likeness (QED) is 0.435. The number of nitrogens with zero attached hydrogens (tertiary/aromatic N) is 3. The van der Waals surface area contributed by atoms with Crippen LogP contribution in [0.25, 0.3) is 10.2 Å². The summed E-state index contributed by atoms with van der Waals surface area (Å²) in [5, 5.41) is 15.7. The number of aromatic nitrogens is 1. The number of anilines is 2. The average Bonchev–Trinajstić information content (AvgIpc) is 3.31. The molecule has 2 unspecified atom stereocenters. The van der Waals surface area contributed by atoms with Crippen LogP contribution in [-0.4, -0.2) is 60.9 Å². The van der Waals surface area contributed by atoms with E-state index in [0.29, 0.717) is 29.2 Å². The van der Waals surface area contributed by atoms with E-state index >= 15 is 0 Å². The molecule has 3 heterocycles. The van der Waals surface area contributed by atoms with Crippen LogP contribution in [0, 0.1) is 16.7 Å². The summed E-state index contributed by atoms with van der Waals surface area (Å²) in [5.41, 5.74) is -1.45. The second kappa shape index (κ2) is 8.80. The van der Waals surface area contributed by atoms with Crippen LogP contribution in [0.1, 0.15) is 52.0 Å². The summed E-state index contributed by atoms with van der Waals surface area (Å²) in [6.45, 7) is 1.25. The first-order valence-electron chi connectivity index (χ1n) is 13.1. The van der Waals surface area contributed by atoms with E-state index in [-0.39, 0.29) is 53.7 Å². The smallest absolute Gasteiger partial charge is 0.394 e. The monoisotopic (exact) mass is 583 g/mol. The predicted molar refractivity (Wildman–Crippen MR) is 143 cm³/mol. The Kier molecular flexibility index (Phi) is 5.59. The van der Waals surface area contributed by atoms with Crippen molar-refractivity contribution >= 4 is 44.2 Å². The number of alkyl halides is 3. The molecular weight excluding hydrogens is 559 g/mol. The fourth-order valence-electron chi connectivity index (χ4n) is 6.74. The van der Waals surface area contributed by atoms with Crippen molar-refractivity contribution in [2.24, 2.45) is 5.41 Å². The maximum atomic E-state index is 13.8. The molecule has 5 aliphatic rings. The highest BCUT2D eigenvalue weighted by atomic mass is 32.1. The second-order valence-corrected chi connectivity index (χ2v) is 12.3. The van der Waals surface area contributed by atoms with Crippen LogP contribution in [0.4, 0.5) is 24.0 Å². The number of morpholine rings is 1. The van der Waals surface area contributed by atoms with E-state index in [9.17, 15) is 28.0 Å². The molecule has 3 aromatic rings. The van der Waals surface area contributed by atoms with Crippen molar-refractivity contribution in [2.45, 2.75) is 49.5 Å². The number of hydrogen-bond donors (Lipinski definition) is 2. The van der Waals surface area contributed by atoms with Gasteiger partial charge < -0.3 is 25.0 Å². The van der Waals surface area contributed by atoms with Crippen molar-refractivity contribution in [3.05, 3.63) is 47.0 Å². The molecule has 2 N–H and O–H groups in total. The zero-order valence-corrected chi connectivity index (χ0v) is 22.6. The van der Waals surface area contributed by atoms with Crippen molar-refractivity contribution in [1.29, 1.82) is 5.26 Å². The molecule has 4 bridgehead atoms. The number of ether oxygens (including phenoxy) is 2. The Bertz CT molecular complexity index is 1630. The molecule has 0 spiro atoms. The van der Waals surface area contributed by atoms with Crippen LogP contribution < -0.4 is 20.3 Å². The van der Waals surface area contributed by atoms with Crippen LogP contribution in [0.5, 0.6) is 5.75 Å². The number of fused-ring (bicyclic) bond motifs is 3. The van der Waals surface area contributed by atoms with Gasteiger partial charge in [0.2, 0.25) is 0 Å². The van der Waals surface area contributed by atoms with Crippen molar-refractivity contribution in [1.82, 2.24) is 10.3 Å². The highest BCUT2D eigenvalue weighted by Crippen LogP contribution is 2.73. The molecule has 8 rings (SSSR count). The Labute approximate surface area is 236 Å². The van der Waals surface area contributed by atoms with Crippen LogP contribution in [0.3, 0.4) is 0 Å². The number of hydrogen-bond acceptors (Lipinski definition) is 8. The molecule has 9 nitrogen and oxygen atoms in total. The Morgan fingerprint density at radius 3 is 2.54 bits per heavy atom. The fourth-order valence-corrected chi connectivity index (χ4v) is 7.98. The maximum absolute atomic E-state index is 13.8. The standard InChI is InChI=1S/C28H24F3N5O4S/c1-39-20-5-4-18-22(41-25(34-18)36-15-7-16(36)10-40-9-15)21(20)24(38)33-19-6-14(8-32)2-3-17(19)23(37)35-27-11-26(12-27,13-27)28(29,30)31/h2-6,15-16H,7,9-13H2,1H3,(H,33,38)(H,35,37). The van der Waals surface area contributed by atoms with E-state index in [4.69, 9.17) is 14.5 Å². The van der Waals surface area contributed by atoms with E-state index in [1.54, 1.807) is 12.1 Å². The topological polar surface area (TPSA) is 117 Å². The van der Waals surface area contributed by atoms with E-state index in [0.717, 1.165) is 11.6 Å². The van der Waals surface area contributed by atoms with E-state index in [2.05, 4.69) is 15.5 Å². The average molecular weight is 584 g/mol. The first-order valence-corrected chi connectivity index (χ1v) is 14.0. The molecule has 2 aliphatic heterocycles. The van der Waals surface area contributed by atoms with Gasteiger partial charge in [0.25, 0.3) is 11.8 Å². The number of methoxy groups -OCH3 is 1. The first kappa shape index (κ1) is 26.0. The molecule has 212 valence electrons. The van der Waals surface area contributed by atoms with Gasteiger partial charge >= 0.3 is 6.18 Å². The Hall–Kier alpha value is -3.89. The van der Waals surface area contributed by atoms with Gasteiger partial charge in [0, 0.05) is 5.54 Å². The van der Waals surface area contributed by atoms with Crippen molar-refractivity contribution in [2.75, 3.05) is 30.5 Å². The lowest BCUT2D eigenvalue weighted by Crippen LogP contribution is -2.78. The first-order chi connectivity index (χ1) is 19.6. The van der Waals surface area contributed by atoms with Gasteiger partial charge in [-0.3, -0.25) is 9.59 Å². The maximum Gasteiger partial charge on any atom is 0.394 e. The van der Waals surface area contributed by atoms with Crippen LogP contribution >= 0.6 is 11.3 Å². The second-order valence-electron chi connectivity index (χ2n) is 11.3. The van der Waals surface area contributed by atoms with Gasteiger partial charge in [0.15, 0.2) is 5.13 Å². The Balaban J connectivity index is 1.18. The van der Waals surface area contributed by atoms with Gasteiger partial charge in [-0.05, 0) is 56.0 Å². The third-order valence-corrected chi connectivity index (χ3v) is 9.88. The number of rotatable bonds is 6. The number of amides is 2. The zero-order chi connectivity index (χ0) is 28.7. The summed E-state index contributed by atoms with van der Waals surface area (Å²) in [5.74, 6) is -0.872. The van der Waals surface area contributed by atoms with Crippen molar-refractivity contribution < 1.29 is 32.2 Å². The molecule has 2 saturated heterocycles. The van der Waals surface area contributed by atoms with Gasteiger partial charge in [-0.2, -0.15) is 18.4 Å². The number of halogens is 3. The molecule has 1 aromatic heterocycles. The van der Waals surface area contributed by atoms with Gasteiger partial charge in [0.05, 0.1) is 70.9 Å². The van der Waals surface area contributed by atoms with Gasteiger partial charge in [-0.15, -0.1) is 0 Å². The largest absolute Gasteiger partial charge is 0.496 e. The number of thiazole rings is 1. The number of benzene rings is 2. The third-order valence-electron chi connectivity index (χ3n) is 8.78. The molecule has 41 heavy (non-hydrogen) atoms. The molecule has 13 heteroatoms. The van der Waals surface area contributed by atoms with E-state index in [1.807, 2.05) is 6.07 Å². The molecule has 2 amide bonds. The molecule has 0 radical (unpaired) electrons. The van der Waals surface area contributed by atoms with Gasteiger partial charge in [0.1, 0.15) is 11.3 Å². The molecule has 2 atom stereocenters. The molecular formula is C28H24F3N5O4S. The van der Waals surface area contributed by atoms with E-state index < -0.39 is 28.9 Å². The normalized spacial score (nSPS) is 27.6. The number of nitriles is 1. The predicted octanol–water partition coefficient (Wildman–Crippen LogP) is 4.62. The lowest BCUT2D eigenvalue weighted by atomic mass is 9.39. The summed E-state index contributed by atoms with van der Waals surface area (Å²) in [4.78, 5) is 34.0. The number of carbonyl (C=O) groups is 2. The van der Waals surface area contributed by atoms with Crippen LogP contribution in [0.15, 0.2) is 30.3 Å². The fraction of sp³-hybridized carbons (Fsp3) is 0.429. The van der Waals surface area contributed by atoms with Gasteiger partial charge in [-0.25, -0.2) is 4.98 Å². The Morgan fingerprint density at radius 1 is 1.17 bits per heavy atom. The Morgan fingerprint density at radius 2 is 1.90 bits per heavy atom. The minimum Gasteiger partial charge on any atom is -0.496 e. The zero-order valence-electron chi connectivity index (χ0n) is 21.8. The minimum atomic E-state index is -4.30. The molecule has 2 aromatic carbocycles. The molecule has 3 aliphatic carbocycles. The summed E-state index contributed by atoms with van der Waals surface area (Å²) in [6, 6.07) is 10.1. The highest BCUT2D eigenvalue weighted by molar-refractivity contribution is 7.22. The summed E-state index contributed by atoms with van der Waals surface area (Å²) >= 11 is 1.37. The minimum absolute atomic E-state index is 0.0488. The SMILES string of the molecule is COc1ccc2nc(N3C4COCC3C4)sc2c1C(=O)Nc1cc(C#N)ccc1C(=O)NC12CC(C(F)(F)F)(C1)C2. The molecule has 5 fully saturated rings.